The van der Waals surface area contributed by atoms with Crippen molar-refractivity contribution in [3.05, 3.63) is 53.2 Å². The van der Waals surface area contributed by atoms with Crippen LogP contribution in [0.15, 0.2) is 47.5 Å². The molecule has 0 aliphatic rings. The third kappa shape index (κ3) is 3.61. The van der Waals surface area contributed by atoms with Crippen LogP contribution in [0.4, 0.5) is 5.69 Å². The molecule has 8 nitrogen and oxygen atoms in total. The zero-order valence-corrected chi connectivity index (χ0v) is 15.0. The molecule has 0 atom stereocenters. The summed E-state index contributed by atoms with van der Waals surface area (Å²) in [5.74, 6) is 1.26. The van der Waals surface area contributed by atoms with Crippen LogP contribution in [-0.2, 0) is 0 Å². The first-order valence-corrected chi connectivity index (χ1v) is 7.96. The summed E-state index contributed by atoms with van der Waals surface area (Å²) in [6, 6.07) is 8.60. The third-order valence-corrected chi connectivity index (χ3v) is 4.03. The van der Waals surface area contributed by atoms with Crippen LogP contribution in [0.25, 0.3) is 5.82 Å². The molecule has 9 heteroatoms. The molecule has 0 spiro atoms. The topological polar surface area (TPSA) is 91.2 Å². The molecule has 0 saturated carbocycles. The number of nitrogens with zero attached hydrogens (tertiary/aromatic N) is 4. The summed E-state index contributed by atoms with van der Waals surface area (Å²) in [4.78, 5) is 17.0. The Morgan fingerprint density at radius 2 is 1.88 bits per heavy atom. The van der Waals surface area contributed by atoms with Gasteiger partial charge in [0.2, 0.25) is 0 Å². The van der Waals surface area contributed by atoms with Gasteiger partial charge in [0.05, 0.1) is 19.9 Å². The monoisotopic (exact) mass is 403 g/mol. The molecule has 2 aromatic heterocycles. The van der Waals surface area contributed by atoms with E-state index >= 15 is 0 Å². The van der Waals surface area contributed by atoms with Gasteiger partial charge < -0.3 is 14.8 Å². The normalized spacial score (nSPS) is 10.4. The van der Waals surface area contributed by atoms with E-state index in [1.165, 1.54) is 19.8 Å². The molecule has 0 fully saturated rings. The molecule has 0 radical (unpaired) electrons. The molecule has 0 unspecified atom stereocenters. The number of amides is 1. The Kier molecular flexibility index (Phi) is 4.94. The number of nitrogens with one attached hydrogen (secondary N) is 1. The Hall–Kier alpha value is -2.94. The maximum Gasteiger partial charge on any atom is 0.275 e. The van der Waals surface area contributed by atoms with Gasteiger partial charge in [-0.2, -0.15) is 0 Å². The van der Waals surface area contributed by atoms with E-state index in [0.717, 1.165) is 0 Å². The van der Waals surface area contributed by atoms with Crippen molar-refractivity contribution < 1.29 is 14.3 Å². The van der Waals surface area contributed by atoms with Gasteiger partial charge in [0.15, 0.2) is 0 Å². The fraction of sp³-hybridized carbons (Fsp3) is 0.125. The zero-order chi connectivity index (χ0) is 17.8. The number of pyridine rings is 1. The van der Waals surface area contributed by atoms with Crippen LogP contribution in [-0.4, -0.2) is 39.9 Å². The highest BCUT2D eigenvalue weighted by Crippen LogP contribution is 2.29. The minimum atomic E-state index is -0.384. The van der Waals surface area contributed by atoms with E-state index in [4.69, 9.17) is 9.47 Å². The van der Waals surface area contributed by atoms with E-state index in [2.05, 4.69) is 36.4 Å². The number of hydrogen-bond donors (Lipinski definition) is 1. The lowest BCUT2D eigenvalue weighted by atomic mass is 10.2. The molecule has 2 heterocycles. The first-order chi connectivity index (χ1) is 12.1. The van der Waals surface area contributed by atoms with E-state index in [9.17, 15) is 4.79 Å². The summed E-state index contributed by atoms with van der Waals surface area (Å²) in [6.45, 7) is 0. The molecule has 1 N–H and O–H groups in total. The van der Waals surface area contributed by atoms with Gasteiger partial charge in [-0.15, -0.1) is 10.2 Å². The lowest BCUT2D eigenvalue weighted by molar-refractivity contribution is 0.102. The largest absolute Gasteiger partial charge is 0.497 e. The lowest BCUT2D eigenvalue weighted by Crippen LogP contribution is -2.16. The molecule has 128 valence electrons. The average molecular weight is 404 g/mol. The van der Waals surface area contributed by atoms with Gasteiger partial charge in [0.1, 0.15) is 35.7 Å². The fourth-order valence-corrected chi connectivity index (χ4v) is 2.54. The number of aromatic nitrogens is 4. The van der Waals surface area contributed by atoms with Gasteiger partial charge in [-0.05, 0) is 40.2 Å². The van der Waals surface area contributed by atoms with Gasteiger partial charge in [0.25, 0.3) is 5.91 Å². The van der Waals surface area contributed by atoms with Crippen LogP contribution in [0, 0.1) is 0 Å². The number of anilines is 1. The van der Waals surface area contributed by atoms with Gasteiger partial charge in [0, 0.05) is 10.5 Å². The second-order valence-corrected chi connectivity index (χ2v) is 5.74. The molecule has 0 saturated heterocycles. The van der Waals surface area contributed by atoms with Crippen LogP contribution in [0.1, 0.15) is 10.5 Å². The van der Waals surface area contributed by atoms with Crippen molar-refractivity contribution in [2.75, 3.05) is 19.5 Å². The molecule has 0 bridgehead atoms. The molecule has 3 rings (SSSR count). The maximum atomic E-state index is 12.6. The number of benzene rings is 1. The van der Waals surface area contributed by atoms with Crippen molar-refractivity contribution in [2.24, 2.45) is 0 Å². The molecule has 1 amide bonds. The molecule has 25 heavy (non-hydrogen) atoms. The van der Waals surface area contributed by atoms with E-state index in [1.54, 1.807) is 42.0 Å². The van der Waals surface area contributed by atoms with Crippen LogP contribution in [0.3, 0.4) is 0 Å². The van der Waals surface area contributed by atoms with Crippen LogP contribution >= 0.6 is 15.9 Å². The SMILES string of the molecule is COc1ccc(NC(=O)c2nc(-n3cnnc3)ccc2Br)c(OC)c1. The number of halogens is 1. The Balaban J connectivity index is 1.90. The molecule has 3 aromatic rings. The molecule has 0 aliphatic heterocycles. The third-order valence-electron chi connectivity index (χ3n) is 3.39. The highest BCUT2D eigenvalue weighted by Gasteiger charge is 2.16. The number of hydrogen-bond acceptors (Lipinski definition) is 6. The molecular formula is C16H14BrN5O3. The lowest BCUT2D eigenvalue weighted by Gasteiger charge is -2.12. The van der Waals surface area contributed by atoms with Crippen molar-refractivity contribution in [1.82, 2.24) is 19.7 Å². The Morgan fingerprint density at radius 3 is 2.56 bits per heavy atom. The molecular weight excluding hydrogens is 390 g/mol. The van der Waals surface area contributed by atoms with E-state index in [1.807, 2.05) is 0 Å². The summed E-state index contributed by atoms with van der Waals surface area (Å²) in [5.41, 5.74) is 0.737. The Bertz CT molecular complexity index is 899. The van der Waals surface area contributed by atoms with Crippen LogP contribution in [0.5, 0.6) is 11.5 Å². The summed E-state index contributed by atoms with van der Waals surface area (Å²) in [5, 5.41) is 10.3. The number of carbonyl (C=O) groups excluding carboxylic acids is 1. The first-order valence-electron chi connectivity index (χ1n) is 7.17. The van der Waals surface area contributed by atoms with Gasteiger partial charge in [-0.25, -0.2) is 4.98 Å². The minimum absolute atomic E-state index is 0.226. The highest BCUT2D eigenvalue weighted by molar-refractivity contribution is 9.10. The summed E-state index contributed by atoms with van der Waals surface area (Å²) >= 11 is 3.35. The van der Waals surface area contributed by atoms with Crippen molar-refractivity contribution in [3.8, 4) is 17.3 Å². The number of ether oxygens (including phenoxy) is 2. The second-order valence-electron chi connectivity index (χ2n) is 4.89. The van der Waals surface area contributed by atoms with E-state index in [-0.39, 0.29) is 11.6 Å². The zero-order valence-electron chi connectivity index (χ0n) is 13.4. The number of rotatable bonds is 5. The molecule has 0 aliphatic carbocycles. The smallest absolute Gasteiger partial charge is 0.275 e. The van der Waals surface area contributed by atoms with Gasteiger partial charge in [-0.3, -0.25) is 9.36 Å². The van der Waals surface area contributed by atoms with Crippen LogP contribution < -0.4 is 14.8 Å². The van der Waals surface area contributed by atoms with Crippen molar-refractivity contribution in [3.63, 3.8) is 0 Å². The van der Waals surface area contributed by atoms with E-state index < -0.39 is 0 Å². The molecule has 1 aromatic carbocycles. The summed E-state index contributed by atoms with van der Waals surface area (Å²) in [6.07, 6.45) is 3.01. The summed E-state index contributed by atoms with van der Waals surface area (Å²) < 4.78 is 12.6. The minimum Gasteiger partial charge on any atom is -0.497 e. The second kappa shape index (κ2) is 7.31. The summed E-state index contributed by atoms with van der Waals surface area (Å²) in [7, 11) is 3.08. The average Bonchev–Trinajstić information content (AvgIpc) is 3.17. The predicted octanol–water partition coefficient (Wildman–Crippen LogP) is 2.69. The van der Waals surface area contributed by atoms with Gasteiger partial charge >= 0.3 is 0 Å². The Labute approximate surface area is 151 Å². The van der Waals surface area contributed by atoms with Crippen molar-refractivity contribution in [1.29, 1.82) is 0 Å². The van der Waals surface area contributed by atoms with Crippen molar-refractivity contribution >= 4 is 27.5 Å². The number of methoxy groups -OCH3 is 2. The van der Waals surface area contributed by atoms with E-state index in [0.29, 0.717) is 27.5 Å². The maximum absolute atomic E-state index is 12.6. The standard InChI is InChI=1S/C16H14BrN5O3/c1-24-10-3-5-12(13(7-10)25-2)20-16(23)15-11(17)4-6-14(21-15)22-8-18-19-9-22/h3-9H,1-2H3,(H,20,23). The highest BCUT2D eigenvalue weighted by atomic mass is 79.9. The fourth-order valence-electron chi connectivity index (χ4n) is 2.14. The predicted molar refractivity (Wildman–Crippen MR) is 94.4 cm³/mol. The Morgan fingerprint density at radius 1 is 1.12 bits per heavy atom. The first kappa shape index (κ1) is 16.9. The van der Waals surface area contributed by atoms with Gasteiger partial charge in [-0.1, -0.05) is 0 Å². The quantitative estimate of drug-likeness (QED) is 0.703. The van der Waals surface area contributed by atoms with Crippen molar-refractivity contribution in [2.45, 2.75) is 0 Å². The van der Waals surface area contributed by atoms with Crippen LogP contribution in [0.2, 0.25) is 0 Å². The number of carbonyl (C=O) groups is 1.